The summed E-state index contributed by atoms with van der Waals surface area (Å²) in [5.74, 6) is -2.02. The van der Waals surface area contributed by atoms with Gasteiger partial charge in [-0.05, 0) is 31.0 Å². The predicted octanol–water partition coefficient (Wildman–Crippen LogP) is 3.21. The number of amides is 3. The van der Waals surface area contributed by atoms with Crippen LogP contribution in [0.3, 0.4) is 0 Å². The lowest BCUT2D eigenvalue weighted by Gasteiger charge is -2.22. The molecular weight excluding hydrogens is 282 g/mol. The Morgan fingerprint density at radius 1 is 1.52 bits per heavy atom. The summed E-state index contributed by atoms with van der Waals surface area (Å²) in [5, 5.41) is 2.65. The Balaban J connectivity index is 0.00000242. The quantitative estimate of drug-likeness (QED) is 0.932. The van der Waals surface area contributed by atoms with Crippen LogP contribution in [0.5, 0.6) is 0 Å². The molecule has 7 heteroatoms. The number of hydrogen-bond donors (Lipinski definition) is 1. The number of carbonyl (C=O) groups excluding carboxylic acids is 2. The molecule has 0 aliphatic carbocycles. The van der Waals surface area contributed by atoms with Crippen LogP contribution in [0, 0.1) is 11.6 Å². The number of hydrogen-bond acceptors (Lipinski definition) is 3. The van der Waals surface area contributed by atoms with Gasteiger partial charge in [-0.15, -0.1) is 0 Å². The summed E-state index contributed by atoms with van der Waals surface area (Å²) < 4.78 is 31.1. The van der Waals surface area contributed by atoms with E-state index in [2.05, 4.69) is 5.32 Å². The van der Waals surface area contributed by atoms with Gasteiger partial charge in [-0.25, -0.2) is 23.3 Å². The third-order valence-corrected chi connectivity index (χ3v) is 3.40. The first-order valence-electron chi connectivity index (χ1n) is 6.65. The number of nitrogens with zero attached hydrogens (tertiary/aromatic N) is 1. The topological polar surface area (TPSA) is 58.6 Å². The van der Waals surface area contributed by atoms with E-state index in [1.807, 2.05) is 6.92 Å². The second kappa shape index (κ2) is 6.07. The van der Waals surface area contributed by atoms with Gasteiger partial charge in [0.15, 0.2) is 11.6 Å². The largest absolute Gasteiger partial charge is 0.446 e. The van der Waals surface area contributed by atoms with Gasteiger partial charge in [-0.3, -0.25) is 0 Å². The van der Waals surface area contributed by atoms with E-state index in [1.165, 1.54) is 6.07 Å². The zero-order chi connectivity index (χ0) is 15.6. The minimum Gasteiger partial charge on any atom is -0.446 e. The molecule has 1 saturated heterocycles. The van der Waals surface area contributed by atoms with Crippen LogP contribution >= 0.6 is 0 Å². The third-order valence-electron chi connectivity index (χ3n) is 3.40. The van der Waals surface area contributed by atoms with Crippen LogP contribution in [-0.4, -0.2) is 29.7 Å². The van der Waals surface area contributed by atoms with Crippen molar-refractivity contribution in [3.05, 3.63) is 35.4 Å². The molecule has 0 saturated carbocycles. The van der Waals surface area contributed by atoms with E-state index in [0.717, 1.165) is 17.0 Å². The Morgan fingerprint density at radius 3 is 2.86 bits per heavy atom. The van der Waals surface area contributed by atoms with Gasteiger partial charge in [0.05, 0.1) is 0 Å². The van der Waals surface area contributed by atoms with E-state index in [1.54, 1.807) is 6.92 Å². The molecule has 116 valence electrons. The van der Waals surface area contributed by atoms with E-state index in [0.29, 0.717) is 12.0 Å². The molecule has 0 radical (unpaired) electrons. The lowest BCUT2D eigenvalue weighted by atomic mass is 10.1. The molecule has 5 nitrogen and oxygen atoms in total. The lowest BCUT2D eigenvalue weighted by Crippen LogP contribution is -2.45. The van der Waals surface area contributed by atoms with Crippen LogP contribution in [-0.2, 0) is 4.74 Å². The highest BCUT2D eigenvalue weighted by Crippen LogP contribution is 2.28. The van der Waals surface area contributed by atoms with Crippen molar-refractivity contribution in [1.29, 1.82) is 0 Å². The minimum absolute atomic E-state index is 0. The van der Waals surface area contributed by atoms with Crippen molar-refractivity contribution < 1.29 is 24.5 Å². The first kappa shape index (κ1) is 15.2. The van der Waals surface area contributed by atoms with E-state index >= 15 is 0 Å². The van der Waals surface area contributed by atoms with Gasteiger partial charge < -0.3 is 10.1 Å². The molecule has 0 bridgehead atoms. The fraction of sp³-hybridized carbons (Fsp3) is 0.429. The molecule has 1 fully saturated rings. The molecule has 0 aromatic heterocycles. The number of halogens is 2. The molecule has 1 unspecified atom stereocenters. The van der Waals surface area contributed by atoms with Crippen LogP contribution in [0.4, 0.5) is 18.4 Å². The highest BCUT2D eigenvalue weighted by Gasteiger charge is 2.39. The number of cyclic esters (lactones) is 1. The third kappa shape index (κ3) is 3.12. The van der Waals surface area contributed by atoms with Crippen molar-refractivity contribution in [2.45, 2.75) is 32.4 Å². The molecule has 1 aromatic carbocycles. The molecule has 2 atom stereocenters. The van der Waals surface area contributed by atoms with Crippen LogP contribution in [0.15, 0.2) is 18.2 Å². The fourth-order valence-electron chi connectivity index (χ4n) is 1.99. The molecule has 21 heavy (non-hydrogen) atoms. The second-order valence-electron chi connectivity index (χ2n) is 4.90. The maximum atomic E-state index is 13.3. The van der Waals surface area contributed by atoms with Gasteiger partial charge in [0.1, 0.15) is 12.6 Å². The van der Waals surface area contributed by atoms with Crippen molar-refractivity contribution in [1.82, 2.24) is 10.2 Å². The van der Waals surface area contributed by atoms with Gasteiger partial charge in [0, 0.05) is 7.47 Å². The van der Waals surface area contributed by atoms with Crippen molar-refractivity contribution in [2.24, 2.45) is 0 Å². The van der Waals surface area contributed by atoms with E-state index in [-0.39, 0.29) is 14.1 Å². The average Bonchev–Trinajstić information content (AvgIpc) is 2.83. The number of ether oxygens (including phenoxy) is 1. The van der Waals surface area contributed by atoms with E-state index in [4.69, 9.17) is 4.74 Å². The smallest absolute Gasteiger partial charge is 0.418 e. The summed E-state index contributed by atoms with van der Waals surface area (Å²) in [6, 6.07) is 1.76. The first-order valence-corrected chi connectivity index (χ1v) is 6.65. The Bertz CT molecular complexity index is 571. The van der Waals surface area contributed by atoms with Gasteiger partial charge >= 0.3 is 12.1 Å². The van der Waals surface area contributed by atoms with Gasteiger partial charge in [-0.1, -0.05) is 13.0 Å². The number of urea groups is 1. The summed E-state index contributed by atoms with van der Waals surface area (Å²) in [5.41, 5.74) is 0.305. The summed E-state index contributed by atoms with van der Waals surface area (Å²) in [7, 11) is 0. The highest BCUT2D eigenvalue weighted by molar-refractivity contribution is 5.92. The molecule has 2 rings (SSSR count). The molecule has 1 aliphatic rings. The summed E-state index contributed by atoms with van der Waals surface area (Å²) in [6.07, 6.45) is -0.102. The second-order valence-corrected chi connectivity index (χ2v) is 4.90. The molecular formula is C14H18F2N2O3. The monoisotopic (exact) mass is 300 g/mol. The van der Waals surface area contributed by atoms with Crippen LogP contribution in [0.25, 0.3) is 0 Å². The standard InChI is InChI=1S/C14H16F2N2O3.H2/c1-3-8(2)17-13(19)18-12(7-21-14(18)20)9-4-5-10(15)11(16)6-9;/h4-6,8,12H,3,7H2,1-2H3,(H,17,19);1H/t8?,12-;/m1./s1. The highest BCUT2D eigenvalue weighted by atomic mass is 19.2. The van der Waals surface area contributed by atoms with E-state index in [9.17, 15) is 18.4 Å². The van der Waals surface area contributed by atoms with Crippen LogP contribution in [0.2, 0.25) is 0 Å². The lowest BCUT2D eigenvalue weighted by molar-refractivity contribution is 0.157. The number of rotatable bonds is 3. The normalized spacial score (nSPS) is 19.3. The average molecular weight is 300 g/mol. The van der Waals surface area contributed by atoms with Gasteiger partial charge in [-0.2, -0.15) is 0 Å². The summed E-state index contributed by atoms with van der Waals surface area (Å²) in [6.45, 7) is 3.60. The number of imide groups is 1. The molecule has 0 spiro atoms. The molecule has 1 aromatic rings. The molecule has 1 N–H and O–H groups in total. The zero-order valence-electron chi connectivity index (χ0n) is 11.7. The Morgan fingerprint density at radius 2 is 2.24 bits per heavy atom. The zero-order valence-corrected chi connectivity index (χ0v) is 11.7. The maximum Gasteiger partial charge on any atom is 0.418 e. The fourth-order valence-corrected chi connectivity index (χ4v) is 1.99. The number of carbonyl (C=O) groups is 2. The Hall–Kier alpha value is -2.18. The minimum atomic E-state index is -1.03. The van der Waals surface area contributed by atoms with E-state index < -0.39 is 29.8 Å². The van der Waals surface area contributed by atoms with Crippen molar-refractivity contribution in [3.63, 3.8) is 0 Å². The Kier molecular flexibility index (Phi) is 4.40. The van der Waals surface area contributed by atoms with Crippen molar-refractivity contribution in [3.8, 4) is 0 Å². The predicted molar refractivity (Wildman–Crippen MR) is 72.7 cm³/mol. The number of benzene rings is 1. The van der Waals surface area contributed by atoms with Crippen molar-refractivity contribution in [2.75, 3.05) is 6.61 Å². The maximum absolute atomic E-state index is 13.3. The Labute approximate surface area is 122 Å². The van der Waals surface area contributed by atoms with Crippen molar-refractivity contribution >= 4 is 12.1 Å². The molecule has 1 heterocycles. The van der Waals surface area contributed by atoms with Crippen LogP contribution in [0.1, 0.15) is 33.3 Å². The SMILES string of the molecule is CCC(C)NC(=O)N1C(=O)OC[C@@H]1c1ccc(F)c(F)c1.[HH]. The van der Waals surface area contributed by atoms with Gasteiger partial charge in [0.2, 0.25) is 0 Å². The first-order chi connectivity index (χ1) is 9.93. The summed E-state index contributed by atoms with van der Waals surface area (Å²) in [4.78, 5) is 24.7. The van der Waals surface area contributed by atoms with Gasteiger partial charge in [0.25, 0.3) is 0 Å². The molecule has 3 amide bonds. The number of nitrogens with one attached hydrogen (secondary N) is 1. The van der Waals surface area contributed by atoms with Crippen LogP contribution < -0.4 is 5.32 Å². The summed E-state index contributed by atoms with van der Waals surface area (Å²) >= 11 is 0. The molecule has 1 aliphatic heterocycles.